The third-order valence-corrected chi connectivity index (χ3v) is 10.1. The SMILES string of the molecule is CC[C@H](C)NC(=O)[C@H](Cc1ccccc1)N(Cc1ccc(Cl)c(Cl)c1)C(=O)CN(c1ccccc1OC)S(=O)(=O)c1ccccc1. The summed E-state index contributed by atoms with van der Waals surface area (Å²) in [7, 11) is -2.83. The van der Waals surface area contributed by atoms with Crippen molar-refractivity contribution < 1.29 is 22.7 Å². The van der Waals surface area contributed by atoms with E-state index >= 15 is 0 Å². The van der Waals surface area contributed by atoms with Gasteiger partial charge in [-0.2, -0.15) is 0 Å². The Morgan fingerprint density at radius 3 is 2.11 bits per heavy atom. The normalized spacial score (nSPS) is 12.5. The molecule has 0 radical (unpaired) electrons. The molecule has 4 rings (SSSR count). The van der Waals surface area contributed by atoms with Gasteiger partial charge in [0.25, 0.3) is 10.0 Å². The van der Waals surface area contributed by atoms with Crippen LogP contribution in [0.3, 0.4) is 0 Å². The molecule has 0 spiro atoms. The van der Waals surface area contributed by atoms with Crippen LogP contribution in [0.2, 0.25) is 10.0 Å². The van der Waals surface area contributed by atoms with E-state index < -0.39 is 28.5 Å². The quantitative estimate of drug-likeness (QED) is 0.159. The van der Waals surface area contributed by atoms with Gasteiger partial charge in [0.1, 0.15) is 18.3 Å². The molecule has 8 nitrogen and oxygen atoms in total. The van der Waals surface area contributed by atoms with E-state index in [9.17, 15) is 18.0 Å². The highest BCUT2D eigenvalue weighted by Gasteiger charge is 2.35. The number of rotatable bonds is 14. The molecule has 1 N–H and O–H groups in total. The maximum atomic E-state index is 14.6. The number of methoxy groups -OCH3 is 1. The molecule has 2 atom stereocenters. The first-order chi connectivity index (χ1) is 22.0. The van der Waals surface area contributed by atoms with Crippen molar-refractivity contribution in [3.05, 3.63) is 124 Å². The second kappa shape index (κ2) is 16.0. The van der Waals surface area contributed by atoms with E-state index in [1.165, 1.54) is 24.1 Å². The number of nitrogens with zero attached hydrogens (tertiary/aromatic N) is 2. The van der Waals surface area contributed by atoms with Crippen molar-refractivity contribution >= 4 is 50.7 Å². The van der Waals surface area contributed by atoms with Gasteiger partial charge in [0.15, 0.2) is 0 Å². The van der Waals surface area contributed by atoms with Crippen LogP contribution >= 0.6 is 23.2 Å². The van der Waals surface area contributed by atoms with Crippen LogP contribution < -0.4 is 14.4 Å². The molecule has 4 aromatic carbocycles. The van der Waals surface area contributed by atoms with E-state index in [2.05, 4.69) is 5.32 Å². The molecule has 0 bridgehead atoms. The number of para-hydroxylation sites is 2. The van der Waals surface area contributed by atoms with Gasteiger partial charge in [-0.05, 0) is 60.9 Å². The molecular weight excluding hydrogens is 645 g/mol. The fraction of sp³-hybridized carbons (Fsp3) is 0.257. The zero-order chi connectivity index (χ0) is 33.3. The minimum absolute atomic E-state index is 0.0000818. The van der Waals surface area contributed by atoms with E-state index in [0.29, 0.717) is 17.0 Å². The van der Waals surface area contributed by atoms with Crippen LogP contribution in [0, 0.1) is 0 Å². The summed E-state index contributed by atoms with van der Waals surface area (Å²) in [5.74, 6) is -0.695. The summed E-state index contributed by atoms with van der Waals surface area (Å²) in [6.07, 6.45) is 0.873. The maximum absolute atomic E-state index is 14.6. The van der Waals surface area contributed by atoms with Crippen molar-refractivity contribution in [2.24, 2.45) is 0 Å². The summed E-state index contributed by atoms with van der Waals surface area (Å²) in [5, 5.41) is 3.65. The van der Waals surface area contributed by atoms with Gasteiger partial charge >= 0.3 is 0 Å². The number of hydrogen-bond acceptors (Lipinski definition) is 5. The molecule has 46 heavy (non-hydrogen) atoms. The highest BCUT2D eigenvalue weighted by atomic mass is 35.5. The van der Waals surface area contributed by atoms with Gasteiger partial charge in [-0.15, -0.1) is 0 Å². The largest absolute Gasteiger partial charge is 0.495 e. The number of nitrogens with one attached hydrogen (secondary N) is 1. The number of anilines is 1. The number of halogens is 2. The third kappa shape index (κ3) is 8.60. The summed E-state index contributed by atoms with van der Waals surface area (Å²) in [6.45, 7) is 3.20. The third-order valence-electron chi connectivity index (χ3n) is 7.57. The summed E-state index contributed by atoms with van der Waals surface area (Å²) in [5.41, 5.74) is 1.63. The number of amides is 2. The summed E-state index contributed by atoms with van der Waals surface area (Å²) in [4.78, 5) is 29.9. The van der Waals surface area contributed by atoms with Crippen molar-refractivity contribution in [3.63, 3.8) is 0 Å². The standard InChI is InChI=1S/C35H37Cl2N3O5S/c1-4-25(2)38-35(42)32(22-26-13-7-5-8-14-26)39(23-27-19-20-29(36)30(37)21-27)34(41)24-40(31-17-11-12-18-33(31)45-3)46(43,44)28-15-9-6-10-16-28/h5-21,25,32H,4,22-24H2,1-3H3,(H,38,42)/t25-,32-/m0/s1. The molecule has 0 heterocycles. The first kappa shape index (κ1) is 34.8. The molecule has 11 heteroatoms. The highest BCUT2D eigenvalue weighted by Crippen LogP contribution is 2.33. The number of hydrogen-bond donors (Lipinski definition) is 1. The molecule has 0 unspecified atom stereocenters. The van der Waals surface area contributed by atoms with Crippen LogP contribution in [0.25, 0.3) is 0 Å². The Hall–Kier alpha value is -4.05. The van der Waals surface area contributed by atoms with Crippen molar-refractivity contribution in [2.75, 3.05) is 18.0 Å². The van der Waals surface area contributed by atoms with Crippen LogP contribution in [0.1, 0.15) is 31.4 Å². The molecule has 0 aliphatic rings. The lowest BCUT2D eigenvalue weighted by molar-refractivity contribution is -0.140. The second-order valence-electron chi connectivity index (χ2n) is 10.8. The maximum Gasteiger partial charge on any atom is 0.264 e. The molecule has 242 valence electrons. The fourth-order valence-corrected chi connectivity index (χ4v) is 6.66. The molecule has 0 aliphatic carbocycles. The first-order valence-electron chi connectivity index (χ1n) is 14.8. The molecular formula is C35H37Cl2N3O5S. The molecule has 2 amide bonds. The Bertz CT molecular complexity index is 1740. The average molecular weight is 683 g/mol. The van der Waals surface area contributed by atoms with Gasteiger partial charge in [-0.1, -0.05) is 96.9 Å². The van der Waals surface area contributed by atoms with Gasteiger partial charge in [-0.25, -0.2) is 8.42 Å². The summed E-state index contributed by atoms with van der Waals surface area (Å²) in [6, 6.07) is 27.6. The Labute approximate surface area is 280 Å². The van der Waals surface area contributed by atoms with Gasteiger partial charge in [-0.3, -0.25) is 13.9 Å². The smallest absolute Gasteiger partial charge is 0.264 e. The zero-order valence-corrected chi connectivity index (χ0v) is 28.2. The predicted molar refractivity (Wildman–Crippen MR) is 183 cm³/mol. The Morgan fingerprint density at radius 2 is 1.48 bits per heavy atom. The lowest BCUT2D eigenvalue weighted by Crippen LogP contribution is -2.54. The van der Waals surface area contributed by atoms with E-state index in [1.54, 1.807) is 60.7 Å². The van der Waals surface area contributed by atoms with Crippen LogP contribution in [-0.2, 0) is 32.6 Å². The Balaban J connectivity index is 1.84. The summed E-state index contributed by atoms with van der Waals surface area (Å²) >= 11 is 12.5. The molecule has 0 saturated heterocycles. The molecule has 4 aromatic rings. The van der Waals surface area contributed by atoms with Gasteiger partial charge in [0, 0.05) is 19.0 Å². The minimum Gasteiger partial charge on any atom is -0.495 e. The molecule has 0 aromatic heterocycles. The van der Waals surface area contributed by atoms with Gasteiger partial charge in [0.2, 0.25) is 11.8 Å². The molecule has 0 saturated carbocycles. The number of benzene rings is 4. The van der Waals surface area contributed by atoms with Crippen molar-refractivity contribution in [1.82, 2.24) is 10.2 Å². The van der Waals surface area contributed by atoms with Crippen LogP contribution in [0.5, 0.6) is 5.75 Å². The lowest BCUT2D eigenvalue weighted by Gasteiger charge is -2.34. The number of carbonyl (C=O) groups is 2. The fourth-order valence-electron chi connectivity index (χ4n) is 4.90. The zero-order valence-electron chi connectivity index (χ0n) is 25.9. The average Bonchev–Trinajstić information content (AvgIpc) is 3.07. The molecule has 0 aliphatic heterocycles. The van der Waals surface area contributed by atoms with E-state index in [1.807, 2.05) is 44.2 Å². The molecule has 0 fully saturated rings. The number of sulfonamides is 1. The van der Waals surface area contributed by atoms with E-state index in [-0.39, 0.29) is 46.3 Å². The first-order valence-corrected chi connectivity index (χ1v) is 17.0. The number of ether oxygens (including phenoxy) is 1. The van der Waals surface area contributed by atoms with Crippen molar-refractivity contribution in [3.8, 4) is 5.75 Å². The number of carbonyl (C=O) groups excluding carboxylic acids is 2. The van der Waals surface area contributed by atoms with E-state index in [4.69, 9.17) is 27.9 Å². The summed E-state index contributed by atoms with van der Waals surface area (Å²) < 4.78 is 34.9. The van der Waals surface area contributed by atoms with Crippen LogP contribution in [0.4, 0.5) is 5.69 Å². The minimum atomic E-state index is -4.26. The Kier molecular flexibility index (Phi) is 12.1. The van der Waals surface area contributed by atoms with E-state index in [0.717, 1.165) is 9.87 Å². The van der Waals surface area contributed by atoms with Gasteiger partial charge < -0.3 is 15.0 Å². The lowest BCUT2D eigenvalue weighted by atomic mass is 10.0. The van der Waals surface area contributed by atoms with Crippen LogP contribution in [0.15, 0.2) is 108 Å². The van der Waals surface area contributed by atoms with Crippen molar-refractivity contribution in [1.29, 1.82) is 0 Å². The monoisotopic (exact) mass is 681 g/mol. The van der Waals surface area contributed by atoms with Gasteiger partial charge in [0.05, 0.1) is 27.7 Å². The van der Waals surface area contributed by atoms with Crippen LogP contribution in [-0.4, -0.2) is 50.9 Å². The topological polar surface area (TPSA) is 96.0 Å². The second-order valence-corrected chi connectivity index (χ2v) is 13.5. The van der Waals surface area contributed by atoms with Crippen molar-refractivity contribution in [2.45, 2.75) is 50.2 Å². The Morgan fingerprint density at radius 1 is 0.848 bits per heavy atom. The highest BCUT2D eigenvalue weighted by molar-refractivity contribution is 7.92. The predicted octanol–water partition coefficient (Wildman–Crippen LogP) is 6.75.